The first-order chi connectivity index (χ1) is 16.5. The molecule has 9 heteroatoms. The molecule has 3 aromatic rings. The van der Waals surface area contributed by atoms with Gasteiger partial charge in [0.05, 0.1) is 26.3 Å². The second-order valence-corrected chi connectivity index (χ2v) is 8.71. The van der Waals surface area contributed by atoms with Crippen molar-refractivity contribution in [2.24, 2.45) is 0 Å². The summed E-state index contributed by atoms with van der Waals surface area (Å²) in [5, 5.41) is 4.76. The van der Waals surface area contributed by atoms with Crippen LogP contribution in [0.1, 0.15) is 11.3 Å². The zero-order valence-electron chi connectivity index (χ0n) is 18.9. The van der Waals surface area contributed by atoms with Crippen LogP contribution in [0, 0.1) is 0 Å². The average molecular weight is 480 g/mol. The fourth-order valence-corrected chi connectivity index (χ4v) is 4.52. The number of methoxy groups -OCH3 is 2. The van der Waals surface area contributed by atoms with Gasteiger partial charge in [-0.1, -0.05) is 12.1 Å². The number of amides is 4. The van der Waals surface area contributed by atoms with Crippen molar-refractivity contribution in [3.8, 4) is 11.5 Å². The van der Waals surface area contributed by atoms with E-state index in [-0.39, 0.29) is 12.3 Å². The summed E-state index contributed by atoms with van der Waals surface area (Å²) in [6.07, 6.45) is 0.445. The van der Waals surface area contributed by atoms with Crippen molar-refractivity contribution in [3.05, 3.63) is 70.9 Å². The van der Waals surface area contributed by atoms with Gasteiger partial charge < -0.3 is 19.7 Å². The van der Waals surface area contributed by atoms with Crippen molar-refractivity contribution in [3.63, 3.8) is 0 Å². The Bertz CT molecular complexity index is 1160. The Balaban J connectivity index is 1.54. The van der Waals surface area contributed by atoms with E-state index >= 15 is 0 Å². The van der Waals surface area contributed by atoms with Gasteiger partial charge in [0.2, 0.25) is 5.91 Å². The van der Waals surface area contributed by atoms with Gasteiger partial charge in [-0.25, -0.2) is 9.69 Å². The maximum absolute atomic E-state index is 13.4. The third-order valence-corrected chi connectivity index (χ3v) is 6.50. The molecule has 1 N–H and O–H groups in total. The fourth-order valence-electron chi connectivity index (χ4n) is 3.82. The molecule has 0 radical (unpaired) electrons. The van der Waals surface area contributed by atoms with E-state index in [2.05, 4.69) is 5.32 Å². The highest BCUT2D eigenvalue weighted by molar-refractivity contribution is 7.09. The summed E-state index contributed by atoms with van der Waals surface area (Å²) < 4.78 is 10.4. The van der Waals surface area contributed by atoms with Gasteiger partial charge in [0, 0.05) is 23.2 Å². The molecule has 1 fully saturated rings. The van der Waals surface area contributed by atoms with E-state index < -0.39 is 18.0 Å². The third kappa shape index (κ3) is 5.04. The van der Waals surface area contributed by atoms with Crippen LogP contribution in [0.2, 0.25) is 0 Å². The number of carbonyl (C=O) groups excluding carboxylic acids is 3. The first kappa shape index (κ1) is 23.3. The number of hydrogen-bond acceptors (Lipinski definition) is 6. The molecule has 8 nitrogen and oxygen atoms in total. The minimum atomic E-state index is -0.906. The summed E-state index contributed by atoms with van der Waals surface area (Å²) in [6, 6.07) is 16.2. The van der Waals surface area contributed by atoms with Crippen LogP contribution >= 0.6 is 11.3 Å². The minimum absolute atomic E-state index is 0.151. The number of imide groups is 1. The molecule has 2 aromatic carbocycles. The van der Waals surface area contributed by atoms with Crippen molar-refractivity contribution < 1.29 is 23.9 Å². The maximum Gasteiger partial charge on any atom is 0.332 e. The number of urea groups is 1. The van der Waals surface area contributed by atoms with E-state index in [9.17, 15) is 14.4 Å². The Labute approximate surface area is 201 Å². The van der Waals surface area contributed by atoms with E-state index in [0.29, 0.717) is 35.8 Å². The van der Waals surface area contributed by atoms with Crippen molar-refractivity contribution in [2.75, 3.05) is 31.0 Å². The summed E-state index contributed by atoms with van der Waals surface area (Å²) >= 11 is 1.59. The van der Waals surface area contributed by atoms with Crippen LogP contribution in [0.25, 0.3) is 0 Å². The van der Waals surface area contributed by atoms with E-state index in [1.165, 1.54) is 12.0 Å². The molecule has 1 aliphatic rings. The molecule has 1 atom stereocenters. The van der Waals surface area contributed by atoms with Crippen LogP contribution in [-0.2, 0) is 16.0 Å². The van der Waals surface area contributed by atoms with Gasteiger partial charge in [0.15, 0.2) is 0 Å². The maximum atomic E-state index is 13.4. The Hall–Kier alpha value is -3.85. The van der Waals surface area contributed by atoms with Crippen molar-refractivity contribution in [1.82, 2.24) is 4.90 Å². The monoisotopic (exact) mass is 479 g/mol. The summed E-state index contributed by atoms with van der Waals surface area (Å²) in [7, 11) is 3.08. The second-order valence-electron chi connectivity index (χ2n) is 7.68. The van der Waals surface area contributed by atoms with Gasteiger partial charge in [0.25, 0.3) is 5.91 Å². The van der Waals surface area contributed by atoms with Crippen molar-refractivity contribution in [1.29, 1.82) is 0 Å². The normalized spacial score (nSPS) is 15.5. The topological polar surface area (TPSA) is 88.2 Å². The molecule has 4 amide bonds. The van der Waals surface area contributed by atoms with E-state index in [0.717, 1.165) is 9.78 Å². The average Bonchev–Trinajstić information content (AvgIpc) is 3.45. The number of anilines is 2. The number of benzene rings is 2. The minimum Gasteiger partial charge on any atom is -0.497 e. The van der Waals surface area contributed by atoms with Crippen molar-refractivity contribution >= 4 is 40.6 Å². The lowest BCUT2D eigenvalue weighted by atomic mass is 10.1. The van der Waals surface area contributed by atoms with Crippen LogP contribution in [0.5, 0.6) is 11.5 Å². The second kappa shape index (κ2) is 10.4. The molecule has 1 saturated heterocycles. The first-order valence-corrected chi connectivity index (χ1v) is 11.6. The fraction of sp³-hybridized carbons (Fsp3) is 0.240. The zero-order valence-corrected chi connectivity index (χ0v) is 19.7. The predicted molar refractivity (Wildman–Crippen MR) is 131 cm³/mol. The Morgan fingerprint density at radius 2 is 1.76 bits per heavy atom. The highest BCUT2D eigenvalue weighted by Crippen LogP contribution is 2.30. The summed E-state index contributed by atoms with van der Waals surface area (Å²) in [4.78, 5) is 43.3. The van der Waals surface area contributed by atoms with Crippen LogP contribution < -0.4 is 19.7 Å². The molecule has 0 bridgehead atoms. The SMILES string of the molecule is COc1ccc(NC(=O)C[C@H]2C(=O)N(c3cccc(OC)c3)C(=O)N2CCc2cccs2)cc1. The van der Waals surface area contributed by atoms with Gasteiger partial charge in [-0.15, -0.1) is 11.3 Å². The Morgan fingerprint density at radius 3 is 2.44 bits per heavy atom. The van der Waals surface area contributed by atoms with Gasteiger partial charge in [-0.2, -0.15) is 0 Å². The van der Waals surface area contributed by atoms with Gasteiger partial charge in [0.1, 0.15) is 17.5 Å². The first-order valence-electron chi connectivity index (χ1n) is 10.7. The van der Waals surface area contributed by atoms with E-state index in [1.54, 1.807) is 67.0 Å². The van der Waals surface area contributed by atoms with Gasteiger partial charge >= 0.3 is 6.03 Å². The molecule has 1 aromatic heterocycles. The molecule has 0 unspecified atom stereocenters. The van der Waals surface area contributed by atoms with Crippen LogP contribution in [-0.4, -0.2) is 49.6 Å². The Kier molecular flexibility index (Phi) is 7.12. The summed E-state index contributed by atoms with van der Waals surface area (Å²) in [5.74, 6) is 0.409. The van der Waals surface area contributed by atoms with Gasteiger partial charge in [-0.3, -0.25) is 9.59 Å². The lowest BCUT2D eigenvalue weighted by molar-refractivity contribution is -0.124. The van der Waals surface area contributed by atoms with Crippen LogP contribution in [0.3, 0.4) is 0 Å². The molecule has 0 aliphatic carbocycles. The molecule has 176 valence electrons. The predicted octanol–water partition coefficient (Wildman–Crippen LogP) is 4.17. The number of nitrogens with one attached hydrogen (secondary N) is 1. The molecule has 4 rings (SSSR count). The highest BCUT2D eigenvalue weighted by Gasteiger charge is 2.46. The van der Waals surface area contributed by atoms with Crippen molar-refractivity contribution in [2.45, 2.75) is 18.9 Å². The third-order valence-electron chi connectivity index (χ3n) is 5.56. The molecule has 2 heterocycles. The van der Waals surface area contributed by atoms with E-state index in [1.807, 2.05) is 17.5 Å². The van der Waals surface area contributed by atoms with E-state index in [4.69, 9.17) is 9.47 Å². The molecular weight excluding hydrogens is 454 g/mol. The summed E-state index contributed by atoms with van der Waals surface area (Å²) in [6.45, 7) is 0.325. The molecule has 0 saturated carbocycles. The zero-order chi connectivity index (χ0) is 24.1. The quantitative estimate of drug-likeness (QED) is 0.466. The van der Waals surface area contributed by atoms with Crippen LogP contribution in [0.15, 0.2) is 66.0 Å². The Morgan fingerprint density at radius 1 is 1.00 bits per heavy atom. The number of carbonyl (C=O) groups is 3. The standard InChI is InChI=1S/C25H25N3O5S/c1-32-19-10-8-17(9-11-19)26-23(29)16-22-24(30)28(18-5-3-6-20(15-18)33-2)25(31)27(22)13-12-21-7-4-14-34-21/h3-11,14-15,22H,12-13,16H2,1-2H3,(H,26,29)/t22-/m0/s1. The number of rotatable bonds is 9. The number of hydrogen-bond donors (Lipinski definition) is 1. The number of nitrogens with zero attached hydrogens (tertiary/aromatic N) is 2. The van der Waals surface area contributed by atoms with Gasteiger partial charge in [-0.05, 0) is 54.3 Å². The smallest absolute Gasteiger partial charge is 0.332 e. The summed E-state index contributed by atoms with van der Waals surface area (Å²) in [5.41, 5.74) is 0.992. The van der Waals surface area contributed by atoms with Crippen LogP contribution in [0.4, 0.5) is 16.2 Å². The largest absolute Gasteiger partial charge is 0.497 e. The molecular formula is C25H25N3O5S. The number of thiophene rings is 1. The number of ether oxygens (including phenoxy) is 2. The lowest BCUT2D eigenvalue weighted by Crippen LogP contribution is -2.39. The molecule has 0 spiro atoms. The lowest BCUT2D eigenvalue weighted by Gasteiger charge is -2.21. The highest BCUT2D eigenvalue weighted by atomic mass is 32.1. The molecule has 1 aliphatic heterocycles. The molecule has 34 heavy (non-hydrogen) atoms.